The van der Waals surface area contributed by atoms with Crippen LogP contribution in [0, 0.1) is 5.92 Å². The lowest BCUT2D eigenvalue weighted by molar-refractivity contribution is -0.137. The number of amides is 1. The van der Waals surface area contributed by atoms with Gasteiger partial charge in [0.15, 0.2) is 5.69 Å². The van der Waals surface area contributed by atoms with Gasteiger partial charge in [0.05, 0.1) is 17.9 Å². The van der Waals surface area contributed by atoms with Crippen molar-refractivity contribution in [1.29, 1.82) is 0 Å². The van der Waals surface area contributed by atoms with Crippen molar-refractivity contribution in [3.8, 4) is 0 Å². The Kier molecular flexibility index (Phi) is 4.36. The van der Waals surface area contributed by atoms with E-state index in [4.69, 9.17) is 5.11 Å². The molecule has 7 heteroatoms. The molecule has 16 heavy (non-hydrogen) atoms. The van der Waals surface area contributed by atoms with Gasteiger partial charge in [0.2, 0.25) is 0 Å². The van der Waals surface area contributed by atoms with Crippen molar-refractivity contribution in [1.82, 2.24) is 13.6 Å². The quantitative estimate of drug-likeness (QED) is 0.823. The molecule has 0 bridgehead atoms. The third-order valence-corrected chi connectivity index (χ3v) is 2.26. The number of nitrogens with zero attached hydrogens (tertiary/aromatic N) is 3. The first-order chi connectivity index (χ1) is 7.50. The van der Waals surface area contributed by atoms with E-state index in [0.29, 0.717) is 6.54 Å². The van der Waals surface area contributed by atoms with Crippen LogP contribution in [0.3, 0.4) is 0 Å². The second-order valence-electron chi connectivity index (χ2n) is 3.77. The summed E-state index contributed by atoms with van der Waals surface area (Å²) in [6, 6.07) is 0. The van der Waals surface area contributed by atoms with Crippen molar-refractivity contribution < 1.29 is 14.7 Å². The maximum Gasteiger partial charge on any atom is 0.323 e. The molecule has 1 aromatic rings. The monoisotopic (exact) mass is 243 g/mol. The summed E-state index contributed by atoms with van der Waals surface area (Å²) >= 11 is 0.928. The maximum absolute atomic E-state index is 11.8. The molecule has 0 fully saturated rings. The molecule has 0 saturated carbocycles. The van der Waals surface area contributed by atoms with E-state index in [0.717, 1.165) is 11.7 Å². The first-order valence-electron chi connectivity index (χ1n) is 4.79. The van der Waals surface area contributed by atoms with Crippen LogP contribution in [-0.2, 0) is 4.79 Å². The molecule has 0 aliphatic heterocycles. The molecule has 1 aromatic heterocycles. The van der Waals surface area contributed by atoms with Crippen LogP contribution in [-0.4, -0.2) is 43.7 Å². The van der Waals surface area contributed by atoms with Crippen LogP contribution >= 0.6 is 11.7 Å². The zero-order valence-electron chi connectivity index (χ0n) is 9.08. The summed E-state index contributed by atoms with van der Waals surface area (Å²) in [5, 5.41) is 8.72. The predicted octanol–water partition coefficient (Wildman–Crippen LogP) is 0.721. The largest absolute Gasteiger partial charge is 0.480 e. The number of aromatic nitrogens is 2. The van der Waals surface area contributed by atoms with Crippen LogP contribution < -0.4 is 0 Å². The van der Waals surface area contributed by atoms with E-state index in [-0.39, 0.29) is 24.1 Å². The molecule has 0 aliphatic carbocycles. The van der Waals surface area contributed by atoms with Gasteiger partial charge in [0.1, 0.15) is 6.54 Å². The first kappa shape index (κ1) is 12.6. The smallest absolute Gasteiger partial charge is 0.323 e. The minimum absolute atomic E-state index is 0.201. The molecule has 6 nitrogen and oxygen atoms in total. The van der Waals surface area contributed by atoms with Crippen LogP contribution in [0.2, 0.25) is 0 Å². The number of carbonyl (C=O) groups is 2. The highest BCUT2D eigenvalue weighted by molar-refractivity contribution is 6.99. The van der Waals surface area contributed by atoms with E-state index in [2.05, 4.69) is 8.75 Å². The second-order valence-corrected chi connectivity index (χ2v) is 4.32. The molecule has 0 radical (unpaired) electrons. The molecular weight excluding hydrogens is 230 g/mol. The first-order valence-corrected chi connectivity index (χ1v) is 5.52. The van der Waals surface area contributed by atoms with Gasteiger partial charge in [-0.3, -0.25) is 9.59 Å². The molecule has 0 aliphatic rings. The molecule has 88 valence electrons. The fraction of sp³-hybridized carbons (Fsp3) is 0.556. The summed E-state index contributed by atoms with van der Waals surface area (Å²) in [5.41, 5.74) is 0.201. The van der Waals surface area contributed by atoms with Crippen LogP contribution in [0.25, 0.3) is 0 Å². The van der Waals surface area contributed by atoms with Crippen molar-refractivity contribution in [3.05, 3.63) is 11.9 Å². The third-order valence-electron chi connectivity index (χ3n) is 1.78. The molecule has 0 atom stereocenters. The third kappa shape index (κ3) is 3.58. The number of carboxylic acid groups (broad SMARTS) is 1. The normalized spacial score (nSPS) is 10.4. The average molecular weight is 243 g/mol. The number of carbonyl (C=O) groups excluding carboxylic acids is 1. The van der Waals surface area contributed by atoms with Crippen molar-refractivity contribution in [3.63, 3.8) is 0 Å². The van der Waals surface area contributed by atoms with Crippen molar-refractivity contribution in [2.45, 2.75) is 13.8 Å². The number of hydrogen-bond acceptors (Lipinski definition) is 5. The standard InChI is InChI=1S/C9H13N3O3S/c1-6(2)4-12(5-8(13)14)9(15)7-3-10-16-11-7/h3,6H,4-5H2,1-2H3,(H,13,14). The Balaban J connectivity index is 2.75. The molecule has 0 aromatic carbocycles. The summed E-state index contributed by atoms with van der Waals surface area (Å²) in [5.74, 6) is -1.21. The molecule has 1 rings (SSSR count). The van der Waals surface area contributed by atoms with E-state index < -0.39 is 5.97 Å². The SMILES string of the molecule is CC(C)CN(CC(=O)O)C(=O)c1cnsn1. The Morgan fingerprint density at radius 3 is 2.69 bits per heavy atom. The minimum Gasteiger partial charge on any atom is -0.480 e. The average Bonchev–Trinajstić information content (AvgIpc) is 2.66. The summed E-state index contributed by atoms with van der Waals surface area (Å²) in [4.78, 5) is 23.7. The van der Waals surface area contributed by atoms with Crippen LogP contribution in [0.5, 0.6) is 0 Å². The Labute approximate surface area is 97.2 Å². The number of aliphatic carboxylic acids is 1. The Morgan fingerprint density at radius 1 is 1.56 bits per heavy atom. The van der Waals surface area contributed by atoms with E-state index in [1.165, 1.54) is 11.1 Å². The minimum atomic E-state index is -1.03. The van der Waals surface area contributed by atoms with Gasteiger partial charge in [-0.15, -0.1) is 0 Å². The molecule has 1 N–H and O–H groups in total. The fourth-order valence-electron chi connectivity index (χ4n) is 1.24. The van der Waals surface area contributed by atoms with E-state index in [1.54, 1.807) is 0 Å². The Morgan fingerprint density at radius 2 is 2.25 bits per heavy atom. The predicted molar refractivity (Wildman–Crippen MR) is 58.3 cm³/mol. The lowest BCUT2D eigenvalue weighted by Gasteiger charge is -2.21. The van der Waals surface area contributed by atoms with Gasteiger partial charge in [-0.1, -0.05) is 13.8 Å². The zero-order chi connectivity index (χ0) is 12.1. The van der Waals surface area contributed by atoms with Crippen LogP contribution in [0.4, 0.5) is 0 Å². The maximum atomic E-state index is 11.8. The van der Waals surface area contributed by atoms with Gasteiger partial charge in [0, 0.05) is 6.54 Å². The van der Waals surface area contributed by atoms with Gasteiger partial charge >= 0.3 is 5.97 Å². The van der Waals surface area contributed by atoms with Crippen molar-refractivity contribution in [2.24, 2.45) is 5.92 Å². The second kappa shape index (κ2) is 5.55. The molecular formula is C9H13N3O3S. The number of hydrogen-bond donors (Lipinski definition) is 1. The number of carboxylic acids is 1. The Bertz CT molecular complexity index is 364. The van der Waals surface area contributed by atoms with E-state index in [1.807, 2.05) is 13.8 Å². The van der Waals surface area contributed by atoms with Gasteiger partial charge in [-0.05, 0) is 5.92 Å². The fourth-order valence-corrected chi connectivity index (χ4v) is 1.65. The van der Waals surface area contributed by atoms with Gasteiger partial charge in [-0.25, -0.2) is 0 Å². The molecule has 0 saturated heterocycles. The molecule has 1 amide bonds. The zero-order valence-corrected chi connectivity index (χ0v) is 9.90. The van der Waals surface area contributed by atoms with Crippen LogP contribution in [0.1, 0.15) is 24.3 Å². The summed E-state index contributed by atoms with van der Waals surface area (Å²) in [7, 11) is 0. The lowest BCUT2D eigenvalue weighted by Crippen LogP contribution is -2.38. The highest BCUT2D eigenvalue weighted by atomic mass is 32.1. The lowest BCUT2D eigenvalue weighted by atomic mass is 10.2. The van der Waals surface area contributed by atoms with Gasteiger partial charge < -0.3 is 10.0 Å². The van der Waals surface area contributed by atoms with Gasteiger partial charge in [0.25, 0.3) is 5.91 Å². The molecule has 0 spiro atoms. The summed E-state index contributed by atoms with van der Waals surface area (Å²) in [6.07, 6.45) is 1.35. The molecule has 1 heterocycles. The highest BCUT2D eigenvalue weighted by Gasteiger charge is 2.21. The van der Waals surface area contributed by atoms with Gasteiger partial charge in [-0.2, -0.15) is 8.75 Å². The summed E-state index contributed by atoms with van der Waals surface area (Å²) in [6.45, 7) is 3.92. The topological polar surface area (TPSA) is 83.4 Å². The van der Waals surface area contributed by atoms with E-state index in [9.17, 15) is 9.59 Å². The van der Waals surface area contributed by atoms with Crippen molar-refractivity contribution >= 4 is 23.6 Å². The molecule has 0 unspecified atom stereocenters. The van der Waals surface area contributed by atoms with E-state index >= 15 is 0 Å². The Hall–Kier alpha value is -1.50. The van der Waals surface area contributed by atoms with Crippen molar-refractivity contribution in [2.75, 3.05) is 13.1 Å². The van der Waals surface area contributed by atoms with Crippen LogP contribution in [0.15, 0.2) is 6.20 Å². The summed E-state index contributed by atoms with van der Waals surface area (Å²) < 4.78 is 7.52. The highest BCUT2D eigenvalue weighted by Crippen LogP contribution is 2.05. The number of rotatable bonds is 5.